The van der Waals surface area contributed by atoms with Gasteiger partial charge in [0.15, 0.2) is 5.96 Å². The smallest absolute Gasteiger partial charge is 0.191 e. The lowest BCUT2D eigenvalue weighted by atomic mass is 10.1. The zero-order chi connectivity index (χ0) is 20.6. The van der Waals surface area contributed by atoms with Crippen molar-refractivity contribution >= 4 is 35.8 Å². The minimum Gasteiger partial charge on any atom is -0.357 e. The van der Waals surface area contributed by atoms with Crippen LogP contribution in [0, 0.1) is 0 Å². The summed E-state index contributed by atoms with van der Waals surface area (Å²) in [5.41, 5.74) is 1.18. The third-order valence-corrected chi connectivity index (χ3v) is 5.31. The van der Waals surface area contributed by atoms with Crippen molar-refractivity contribution in [1.82, 2.24) is 30.3 Å². The van der Waals surface area contributed by atoms with E-state index in [4.69, 9.17) is 4.99 Å². The summed E-state index contributed by atoms with van der Waals surface area (Å²) in [6, 6.07) is 6.71. The van der Waals surface area contributed by atoms with Crippen molar-refractivity contribution in [3.05, 3.63) is 42.4 Å². The molecule has 0 aromatic carbocycles. The molecule has 1 fully saturated rings. The standard InChI is InChI=1S/C21H34N8.HI/c1-5-22-21(24-15-19(27(2)3)17-14-25-28(4)16-17)26-18-9-12-29(13-10-18)20-8-6-7-11-23-20;/h6-8,11,14,16,18-19H,5,9-10,12-13,15H2,1-4H3,(H2,22,24,26);1H. The molecule has 0 saturated carbocycles. The molecular weight excluding hydrogens is 491 g/mol. The summed E-state index contributed by atoms with van der Waals surface area (Å²) in [5.74, 6) is 1.95. The molecule has 0 amide bonds. The molecule has 1 atom stereocenters. The molecule has 8 nitrogen and oxygen atoms in total. The number of aliphatic imine (C=N–C) groups is 1. The molecule has 2 N–H and O–H groups in total. The summed E-state index contributed by atoms with van der Waals surface area (Å²) >= 11 is 0. The first-order chi connectivity index (χ1) is 14.1. The maximum atomic E-state index is 4.88. The molecule has 166 valence electrons. The van der Waals surface area contributed by atoms with Gasteiger partial charge in [-0.2, -0.15) is 5.10 Å². The Morgan fingerprint density at radius 3 is 2.63 bits per heavy atom. The summed E-state index contributed by atoms with van der Waals surface area (Å²) in [5, 5.41) is 11.3. The number of guanidine groups is 1. The SMILES string of the molecule is CCNC(=NCC(c1cnn(C)c1)N(C)C)NC1CCN(c2ccccn2)CC1.I. The van der Waals surface area contributed by atoms with E-state index in [0.717, 1.165) is 44.3 Å². The monoisotopic (exact) mass is 526 g/mol. The number of hydrogen-bond acceptors (Lipinski definition) is 5. The lowest BCUT2D eigenvalue weighted by Gasteiger charge is -2.34. The fraction of sp³-hybridized carbons (Fsp3) is 0.571. The Bertz CT molecular complexity index is 768. The predicted octanol–water partition coefficient (Wildman–Crippen LogP) is 2.26. The van der Waals surface area contributed by atoms with E-state index in [1.807, 2.05) is 36.3 Å². The largest absolute Gasteiger partial charge is 0.357 e. The number of likely N-dealkylation sites (N-methyl/N-ethyl adjacent to an activating group) is 1. The number of aromatic nitrogens is 3. The van der Waals surface area contributed by atoms with Gasteiger partial charge in [-0.1, -0.05) is 6.07 Å². The Hall–Kier alpha value is -1.88. The number of piperidine rings is 1. The van der Waals surface area contributed by atoms with Crippen LogP contribution in [0.3, 0.4) is 0 Å². The van der Waals surface area contributed by atoms with Crippen molar-refractivity contribution in [3.63, 3.8) is 0 Å². The summed E-state index contributed by atoms with van der Waals surface area (Å²) in [7, 11) is 6.12. The van der Waals surface area contributed by atoms with Crippen LogP contribution in [0.25, 0.3) is 0 Å². The van der Waals surface area contributed by atoms with E-state index in [9.17, 15) is 0 Å². The van der Waals surface area contributed by atoms with Crippen molar-refractivity contribution < 1.29 is 0 Å². The summed E-state index contributed by atoms with van der Waals surface area (Å²) in [6.07, 6.45) is 7.99. The molecule has 1 aliphatic heterocycles. The van der Waals surface area contributed by atoms with Crippen molar-refractivity contribution in [3.8, 4) is 0 Å². The second-order valence-corrected chi connectivity index (χ2v) is 7.74. The highest BCUT2D eigenvalue weighted by atomic mass is 127. The highest BCUT2D eigenvalue weighted by molar-refractivity contribution is 14.0. The third kappa shape index (κ3) is 6.83. The molecule has 3 heterocycles. The van der Waals surface area contributed by atoms with Crippen LogP contribution >= 0.6 is 24.0 Å². The highest BCUT2D eigenvalue weighted by Gasteiger charge is 2.21. The minimum absolute atomic E-state index is 0. The van der Waals surface area contributed by atoms with Gasteiger partial charge in [-0.3, -0.25) is 9.67 Å². The van der Waals surface area contributed by atoms with Crippen LogP contribution < -0.4 is 15.5 Å². The number of halogens is 1. The van der Waals surface area contributed by atoms with Crippen LogP contribution in [0.1, 0.15) is 31.4 Å². The number of pyridine rings is 1. The number of aryl methyl sites for hydroxylation is 1. The Morgan fingerprint density at radius 2 is 2.07 bits per heavy atom. The zero-order valence-corrected chi connectivity index (χ0v) is 20.8. The number of nitrogens with zero attached hydrogens (tertiary/aromatic N) is 6. The van der Waals surface area contributed by atoms with Gasteiger partial charge >= 0.3 is 0 Å². The molecule has 2 aromatic rings. The molecule has 0 aliphatic carbocycles. The van der Waals surface area contributed by atoms with E-state index in [1.165, 1.54) is 5.56 Å². The summed E-state index contributed by atoms with van der Waals surface area (Å²) in [4.78, 5) is 13.9. The summed E-state index contributed by atoms with van der Waals surface area (Å²) in [6.45, 7) is 5.64. The molecule has 0 bridgehead atoms. The van der Waals surface area contributed by atoms with Crippen LogP contribution in [0.15, 0.2) is 41.8 Å². The Labute approximate surface area is 197 Å². The van der Waals surface area contributed by atoms with Crippen LogP contribution in [-0.4, -0.2) is 71.9 Å². The second kappa shape index (κ2) is 12.1. The average Bonchev–Trinajstić information content (AvgIpc) is 3.15. The number of rotatable bonds is 7. The van der Waals surface area contributed by atoms with Crippen LogP contribution in [-0.2, 0) is 7.05 Å². The topological polar surface area (TPSA) is 73.6 Å². The lowest BCUT2D eigenvalue weighted by molar-refractivity contribution is 0.306. The van der Waals surface area contributed by atoms with Crippen LogP contribution in [0.5, 0.6) is 0 Å². The van der Waals surface area contributed by atoms with Crippen LogP contribution in [0.2, 0.25) is 0 Å². The lowest BCUT2D eigenvalue weighted by Crippen LogP contribution is -2.49. The Kier molecular flexibility index (Phi) is 9.83. The number of anilines is 1. The van der Waals surface area contributed by atoms with Crippen molar-refractivity contribution in [2.24, 2.45) is 12.0 Å². The molecule has 1 aliphatic rings. The second-order valence-electron chi connectivity index (χ2n) is 7.74. The number of hydrogen-bond donors (Lipinski definition) is 2. The quantitative estimate of drug-likeness (QED) is 0.328. The van der Waals surface area contributed by atoms with Gasteiger partial charge < -0.3 is 20.4 Å². The van der Waals surface area contributed by atoms with Gasteiger partial charge in [0.25, 0.3) is 0 Å². The first-order valence-corrected chi connectivity index (χ1v) is 10.4. The van der Waals surface area contributed by atoms with Gasteiger partial charge in [-0.05, 0) is 46.0 Å². The molecule has 1 saturated heterocycles. The molecular formula is C21H35IN8. The fourth-order valence-electron chi connectivity index (χ4n) is 3.66. The molecule has 1 unspecified atom stereocenters. The first kappa shape index (κ1) is 24.4. The van der Waals surface area contributed by atoms with Gasteiger partial charge in [0, 0.05) is 50.7 Å². The maximum Gasteiger partial charge on any atom is 0.191 e. The Morgan fingerprint density at radius 1 is 1.30 bits per heavy atom. The van der Waals surface area contributed by atoms with Crippen molar-refractivity contribution in [2.75, 3.05) is 45.2 Å². The maximum absolute atomic E-state index is 4.88. The van der Waals surface area contributed by atoms with E-state index < -0.39 is 0 Å². The van der Waals surface area contributed by atoms with Crippen molar-refractivity contribution in [1.29, 1.82) is 0 Å². The summed E-state index contributed by atoms with van der Waals surface area (Å²) < 4.78 is 1.84. The van der Waals surface area contributed by atoms with Gasteiger partial charge in [0.05, 0.1) is 18.8 Å². The molecule has 9 heteroatoms. The molecule has 0 spiro atoms. The normalized spacial score (nSPS) is 16.3. The first-order valence-electron chi connectivity index (χ1n) is 10.4. The van der Waals surface area contributed by atoms with Gasteiger partial charge in [0.1, 0.15) is 5.82 Å². The van der Waals surface area contributed by atoms with E-state index in [-0.39, 0.29) is 30.0 Å². The predicted molar refractivity (Wildman–Crippen MR) is 134 cm³/mol. The molecule has 3 rings (SSSR count). The Balaban J connectivity index is 0.00000320. The van der Waals surface area contributed by atoms with Gasteiger partial charge in [-0.25, -0.2) is 4.98 Å². The van der Waals surface area contributed by atoms with Gasteiger partial charge in [-0.15, -0.1) is 24.0 Å². The zero-order valence-electron chi connectivity index (χ0n) is 18.5. The van der Waals surface area contributed by atoms with E-state index in [1.54, 1.807) is 0 Å². The fourth-order valence-corrected chi connectivity index (χ4v) is 3.66. The van der Waals surface area contributed by atoms with Gasteiger partial charge in [0.2, 0.25) is 0 Å². The van der Waals surface area contributed by atoms with E-state index >= 15 is 0 Å². The molecule has 0 radical (unpaired) electrons. The molecule has 30 heavy (non-hydrogen) atoms. The number of nitrogens with one attached hydrogen (secondary N) is 2. The average molecular weight is 526 g/mol. The van der Waals surface area contributed by atoms with Crippen LogP contribution in [0.4, 0.5) is 5.82 Å². The third-order valence-electron chi connectivity index (χ3n) is 5.31. The highest BCUT2D eigenvalue weighted by Crippen LogP contribution is 2.19. The van der Waals surface area contributed by atoms with Crippen molar-refractivity contribution in [2.45, 2.75) is 31.8 Å². The van der Waals surface area contributed by atoms with E-state index in [2.05, 4.69) is 63.8 Å². The van der Waals surface area contributed by atoms with E-state index in [0.29, 0.717) is 12.6 Å². The minimum atomic E-state index is 0. The molecule has 2 aromatic heterocycles.